The maximum atomic E-state index is 12.6. The lowest BCUT2D eigenvalue weighted by atomic mass is 10.1. The van der Waals surface area contributed by atoms with Gasteiger partial charge in [0.25, 0.3) is 7.82 Å². The van der Waals surface area contributed by atoms with Crippen LogP contribution < -0.4 is 4.89 Å². The van der Waals surface area contributed by atoms with Crippen molar-refractivity contribution in [2.45, 2.75) is 187 Å². The Hall–Kier alpha value is -1.77. The van der Waals surface area contributed by atoms with E-state index in [1.165, 1.54) is 89.9 Å². The first-order valence-corrected chi connectivity index (χ1v) is 23.2. The molecule has 316 valence electrons. The van der Waals surface area contributed by atoms with Gasteiger partial charge in [0.15, 0.2) is 6.10 Å². The Bertz CT molecular complexity index is 1020. The second kappa shape index (κ2) is 36.8. The third-order valence-electron chi connectivity index (χ3n) is 9.13. The van der Waals surface area contributed by atoms with Crippen LogP contribution in [0.2, 0.25) is 0 Å². The third-order valence-corrected chi connectivity index (χ3v) is 10.1. The van der Waals surface area contributed by atoms with Gasteiger partial charge < -0.3 is 27.9 Å². The van der Waals surface area contributed by atoms with Crippen LogP contribution in [0.3, 0.4) is 0 Å². The minimum Gasteiger partial charge on any atom is -0.756 e. The van der Waals surface area contributed by atoms with Gasteiger partial charge in [-0.3, -0.25) is 14.2 Å². The van der Waals surface area contributed by atoms with Crippen LogP contribution in [0, 0.1) is 0 Å². The summed E-state index contributed by atoms with van der Waals surface area (Å²) < 4.78 is 33.8. The number of quaternary nitrogens is 1. The number of likely N-dealkylation sites (N-methyl/N-ethyl adjacent to an activating group) is 1. The molecule has 0 N–H and O–H groups in total. The SMILES string of the molecule is CCCCCCCC/C=C/C/C=C/CCCCC(=O)O[C@H](COC(=O)CCCCC/C=C/CCCCCCCCCC)COP(=O)([O-])OCC[N+](C)(C)C. The normalized spacial score (nSPS) is 14.0. The van der Waals surface area contributed by atoms with Crippen LogP contribution in [-0.4, -0.2) is 70.0 Å². The van der Waals surface area contributed by atoms with E-state index in [9.17, 15) is 19.0 Å². The molecule has 54 heavy (non-hydrogen) atoms. The lowest BCUT2D eigenvalue weighted by Gasteiger charge is -2.28. The second-order valence-corrected chi connectivity index (χ2v) is 17.1. The molecule has 9 nitrogen and oxygen atoms in total. The van der Waals surface area contributed by atoms with Crippen molar-refractivity contribution < 1.29 is 42.1 Å². The molecule has 0 aliphatic heterocycles. The van der Waals surface area contributed by atoms with E-state index in [0.29, 0.717) is 23.9 Å². The highest BCUT2D eigenvalue weighted by molar-refractivity contribution is 7.45. The molecule has 0 aliphatic rings. The summed E-state index contributed by atoms with van der Waals surface area (Å²) >= 11 is 0. The molecule has 0 bridgehead atoms. The fourth-order valence-electron chi connectivity index (χ4n) is 5.68. The fourth-order valence-corrected chi connectivity index (χ4v) is 6.41. The summed E-state index contributed by atoms with van der Waals surface area (Å²) in [4.78, 5) is 37.5. The van der Waals surface area contributed by atoms with Crippen molar-refractivity contribution in [3.63, 3.8) is 0 Å². The van der Waals surface area contributed by atoms with Crippen molar-refractivity contribution in [1.82, 2.24) is 0 Å². The predicted molar refractivity (Wildman–Crippen MR) is 222 cm³/mol. The Morgan fingerprint density at radius 1 is 0.574 bits per heavy atom. The number of ether oxygens (including phenoxy) is 2. The molecule has 0 spiro atoms. The van der Waals surface area contributed by atoms with Crippen molar-refractivity contribution in [2.24, 2.45) is 0 Å². The first kappa shape index (κ1) is 52.2. The lowest BCUT2D eigenvalue weighted by Crippen LogP contribution is -2.37. The highest BCUT2D eigenvalue weighted by atomic mass is 31.2. The van der Waals surface area contributed by atoms with Crippen LogP contribution in [0.1, 0.15) is 181 Å². The molecule has 0 amide bonds. The van der Waals surface area contributed by atoms with Gasteiger partial charge in [-0.05, 0) is 70.6 Å². The summed E-state index contributed by atoms with van der Waals surface area (Å²) in [6, 6.07) is 0. The first-order chi connectivity index (χ1) is 26.0. The molecule has 1 unspecified atom stereocenters. The summed E-state index contributed by atoms with van der Waals surface area (Å²) in [5.41, 5.74) is 0. The molecular formula is C44H82NO8P. The number of carbonyl (C=O) groups excluding carboxylic acids is 2. The molecule has 0 heterocycles. The topological polar surface area (TPSA) is 111 Å². The standard InChI is InChI=1S/C44H82NO8P/c1-6-8-10-12-14-16-18-20-22-24-26-28-30-32-34-36-43(46)50-40-42(41-52-54(48,49)51-39-38-45(3,4)5)53-44(47)37-35-33-31-29-27-25-23-21-19-17-15-13-11-9-7-2/h21,23-24,26-27,29,42H,6-20,22,25,28,30-41H2,1-5H3/b23-21+,26-24+,29-27+/t42-/m1/s1. The van der Waals surface area contributed by atoms with E-state index < -0.39 is 32.5 Å². The number of rotatable bonds is 39. The largest absolute Gasteiger partial charge is 0.756 e. The Morgan fingerprint density at radius 3 is 1.52 bits per heavy atom. The number of phosphoric acid groups is 1. The molecule has 0 rings (SSSR count). The fraction of sp³-hybridized carbons (Fsp3) is 0.818. The Kier molecular flexibility index (Phi) is 35.6. The lowest BCUT2D eigenvalue weighted by molar-refractivity contribution is -0.870. The van der Waals surface area contributed by atoms with Gasteiger partial charge in [0.05, 0.1) is 27.7 Å². The van der Waals surface area contributed by atoms with Gasteiger partial charge in [-0.25, -0.2) is 0 Å². The molecule has 0 saturated heterocycles. The molecule has 0 aromatic carbocycles. The van der Waals surface area contributed by atoms with Crippen molar-refractivity contribution in [1.29, 1.82) is 0 Å². The number of esters is 2. The minimum atomic E-state index is -4.63. The van der Waals surface area contributed by atoms with Crippen LogP contribution in [-0.2, 0) is 32.7 Å². The number of nitrogens with zero attached hydrogens (tertiary/aromatic N) is 1. The summed E-state index contributed by atoms with van der Waals surface area (Å²) in [7, 11) is 1.14. The highest BCUT2D eigenvalue weighted by Crippen LogP contribution is 2.38. The molecule has 2 atom stereocenters. The molecule has 0 aromatic rings. The minimum absolute atomic E-state index is 0.0390. The molecule has 0 aliphatic carbocycles. The van der Waals surface area contributed by atoms with E-state index in [0.717, 1.165) is 51.4 Å². The number of allylic oxidation sites excluding steroid dienone is 6. The van der Waals surface area contributed by atoms with Crippen molar-refractivity contribution >= 4 is 19.8 Å². The van der Waals surface area contributed by atoms with Gasteiger partial charge in [-0.2, -0.15) is 0 Å². The number of hydrogen-bond acceptors (Lipinski definition) is 8. The van der Waals surface area contributed by atoms with Gasteiger partial charge in [-0.1, -0.05) is 134 Å². The average Bonchev–Trinajstić information content (AvgIpc) is 3.12. The van der Waals surface area contributed by atoms with Gasteiger partial charge in [0.1, 0.15) is 19.8 Å². The molecule has 0 fully saturated rings. The molecular weight excluding hydrogens is 701 g/mol. The summed E-state index contributed by atoms with van der Waals surface area (Å²) in [6.07, 6.45) is 40.3. The monoisotopic (exact) mass is 784 g/mol. The van der Waals surface area contributed by atoms with Crippen LogP contribution in [0.15, 0.2) is 36.5 Å². The summed E-state index contributed by atoms with van der Waals surface area (Å²) in [6.45, 7) is 4.16. The quantitative estimate of drug-likeness (QED) is 0.0199. The zero-order chi connectivity index (χ0) is 40.0. The molecule has 0 aromatic heterocycles. The summed E-state index contributed by atoms with van der Waals surface area (Å²) in [5, 5.41) is 0. The Morgan fingerprint density at radius 2 is 1.00 bits per heavy atom. The maximum absolute atomic E-state index is 12.6. The van der Waals surface area contributed by atoms with E-state index in [1.54, 1.807) is 0 Å². The van der Waals surface area contributed by atoms with Crippen molar-refractivity contribution in [3.05, 3.63) is 36.5 Å². The maximum Gasteiger partial charge on any atom is 0.306 e. The van der Waals surface area contributed by atoms with E-state index in [4.69, 9.17) is 18.5 Å². The molecule has 0 radical (unpaired) electrons. The van der Waals surface area contributed by atoms with E-state index in [2.05, 4.69) is 50.3 Å². The van der Waals surface area contributed by atoms with Crippen LogP contribution in [0.25, 0.3) is 0 Å². The number of hydrogen-bond donors (Lipinski definition) is 0. The molecule has 0 saturated carbocycles. The van der Waals surface area contributed by atoms with Crippen molar-refractivity contribution in [2.75, 3.05) is 47.5 Å². The average molecular weight is 784 g/mol. The van der Waals surface area contributed by atoms with Crippen LogP contribution in [0.5, 0.6) is 0 Å². The first-order valence-electron chi connectivity index (χ1n) is 21.7. The number of unbranched alkanes of at least 4 members (excludes halogenated alkanes) is 19. The zero-order valence-corrected chi connectivity index (χ0v) is 36.3. The Balaban J connectivity index is 4.45. The van der Waals surface area contributed by atoms with Crippen LogP contribution >= 0.6 is 7.82 Å². The summed E-state index contributed by atoms with van der Waals surface area (Å²) in [5.74, 6) is -0.891. The van der Waals surface area contributed by atoms with Gasteiger partial charge in [-0.15, -0.1) is 0 Å². The van der Waals surface area contributed by atoms with E-state index in [-0.39, 0.29) is 26.1 Å². The Labute approximate surface area is 331 Å². The second-order valence-electron chi connectivity index (χ2n) is 15.7. The third kappa shape index (κ3) is 39.9. The van der Waals surface area contributed by atoms with E-state index in [1.807, 2.05) is 21.1 Å². The number of phosphoric ester groups is 1. The van der Waals surface area contributed by atoms with Crippen LogP contribution in [0.4, 0.5) is 0 Å². The molecule has 10 heteroatoms. The zero-order valence-electron chi connectivity index (χ0n) is 35.4. The van der Waals surface area contributed by atoms with Crippen molar-refractivity contribution in [3.8, 4) is 0 Å². The van der Waals surface area contributed by atoms with E-state index >= 15 is 0 Å². The van der Waals surface area contributed by atoms with Gasteiger partial charge in [0, 0.05) is 12.8 Å². The number of carbonyl (C=O) groups is 2. The smallest absolute Gasteiger partial charge is 0.306 e. The van der Waals surface area contributed by atoms with Gasteiger partial charge >= 0.3 is 11.9 Å². The predicted octanol–water partition coefficient (Wildman–Crippen LogP) is 11.5. The van der Waals surface area contributed by atoms with Gasteiger partial charge in [0.2, 0.25) is 0 Å². The highest BCUT2D eigenvalue weighted by Gasteiger charge is 2.21.